The lowest BCUT2D eigenvalue weighted by Gasteiger charge is -2.07. The fraction of sp³-hybridized carbons (Fsp3) is 0.300. The molecule has 1 unspecified atom stereocenters. The second-order valence-corrected chi connectivity index (χ2v) is 5.60. The molecule has 0 fully saturated rings. The molecule has 0 spiro atoms. The van der Waals surface area contributed by atoms with Crippen molar-refractivity contribution in [1.82, 2.24) is 0 Å². The summed E-state index contributed by atoms with van der Waals surface area (Å²) < 4.78 is 0. The van der Waals surface area contributed by atoms with Crippen molar-refractivity contribution in [3.63, 3.8) is 0 Å². The summed E-state index contributed by atoms with van der Waals surface area (Å²) in [7, 11) is 0. The van der Waals surface area contributed by atoms with Crippen LogP contribution in [-0.4, -0.2) is 16.9 Å². The van der Waals surface area contributed by atoms with Gasteiger partial charge in [0.1, 0.15) is 0 Å². The Labute approximate surface area is 102 Å². The van der Waals surface area contributed by atoms with Gasteiger partial charge in [-0.15, -0.1) is 24.4 Å². The van der Waals surface area contributed by atoms with Crippen molar-refractivity contribution in [1.29, 1.82) is 0 Å². The van der Waals surface area contributed by atoms with Crippen molar-refractivity contribution in [2.24, 2.45) is 0 Å². The quantitative estimate of drug-likeness (QED) is 0.396. The molecule has 1 aromatic rings. The van der Waals surface area contributed by atoms with E-state index in [0.29, 0.717) is 5.56 Å². The maximum Gasteiger partial charge on any atom is 0.177 e. The lowest BCUT2D eigenvalue weighted by Crippen LogP contribution is -2.10. The van der Waals surface area contributed by atoms with Crippen molar-refractivity contribution in [2.45, 2.75) is 21.5 Å². The van der Waals surface area contributed by atoms with Crippen molar-refractivity contribution < 1.29 is 4.79 Å². The van der Waals surface area contributed by atoms with E-state index in [0.717, 1.165) is 9.79 Å². The molecule has 1 atom stereocenters. The van der Waals surface area contributed by atoms with Crippen LogP contribution < -0.4 is 0 Å². The monoisotopic (exact) mass is 290 g/mol. The fourth-order valence-electron chi connectivity index (χ4n) is 1.05. The number of thiol groups is 1. The zero-order chi connectivity index (χ0) is 10.7. The first kappa shape index (κ1) is 12.1. The Morgan fingerprint density at radius 2 is 2.21 bits per heavy atom. The molecule has 0 amide bonds. The number of ketones is 1. The number of rotatable bonds is 3. The van der Waals surface area contributed by atoms with Crippen LogP contribution in [0.1, 0.15) is 17.3 Å². The summed E-state index contributed by atoms with van der Waals surface area (Å²) in [6, 6.07) is 5.70. The average molecular weight is 291 g/mol. The highest BCUT2D eigenvalue weighted by molar-refractivity contribution is 9.10. The standard InChI is InChI=1S/C10H11BrOS2/c1-6(11)10(12)8-5-7(14-2)3-4-9(8)13/h3-6,13H,1-2H3. The molecule has 0 aliphatic rings. The van der Waals surface area contributed by atoms with Gasteiger partial charge in [-0.3, -0.25) is 4.79 Å². The maximum atomic E-state index is 11.7. The Bertz CT molecular complexity index is 350. The fourth-order valence-corrected chi connectivity index (χ4v) is 1.99. The van der Waals surface area contributed by atoms with E-state index in [-0.39, 0.29) is 10.6 Å². The molecule has 14 heavy (non-hydrogen) atoms. The van der Waals surface area contributed by atoms with Gasteiger partial charge >= 0.3 is 0 Å². The number of carbonyl (C=O) groups excluding carboxylic acids is 1. The van der Waals surface area contributed by atoms with Crippen LogP contribution in [0.3, 0.4) is 0 Å². The Balaban J connectivity index is 3.12. The van der Waals surface area contributed by atoms with Gasteiger partial charge < -0.3 is 0 Å². The lowest BCUT2D eigenvalue weighted by atomic mass is 10.1. The van der Waals surface area contributed by atoms with Gasteiger partial charge in [-0.05, 0) is 31.4 Å². The molecule has 0 N–H and O–H groups in total. The van der Waals surface area contributed by atoms with E-state index in [1.54, 1.807) is 11.8 Å². The number of alkyl halides is 1. The zero-order valence-electron chi connectivity index (χ0n) is 7.95. The molecule has 0 heterocycles. The van der Waals surface area contributed by atoms with E-state index < -0.39 is 0 Å². The van der Waals surface area contributed by atoms with Crippen molar-refractivity contribution in [2.75, 3.05) is 6.26 Å². The second kappa shape index (κ2) is 5.24. The van der Waals surface area contributed by atoms with Crippen LogP contribution in [0.25, 0.3) is 0 Å². The van der Waals surface area contributed by atoms with Crippen LogP contribution in [-0.2, 0) is 0 Å². The highest BCUT2D eigenvalue weighted by Crippen LogP contribution is 2.24. The van der Waals surface area contributed by atoms with Gasteiger partial charge in [0.05, 0.1) is 4.83 Å². The minimum atomic E-state index is -0.162. The number of Topliss-reactive ketones (excluding diaryl/α,β-unsaturated/α-hetero) is 1. The summed E-state index contributed by atoms with van der Waals surface area (Å²) >= 11 is 9.15. The smallest absolute Gasteiger partial charge is 0.177 e. The number of carbonyl (C=O) groups is 1. The number of hydrogen-bond donors (Lipinski definition) is 1. The minimum absolute atomic E-state index is 0.0749. The van der Waals surface area contributed by atoms with Crippen LogP contribution in [0.15, 0.2) is 28.0 Å². The number of benzene rings is 1. The topological polar surface area (TPSA) is 17.1 Å². The van der Waals surface area contributed by atoms with Gasteiger partial charge in [-0.25, -0.2) is 0 Å². The van der Waals surface area contributed by atoms with Gasteiger partial charge in [0, 0.05) is 15.4 Å². The Hall–Kier alpha value is 0.0700. The van der Waals surface area contributed by atoms with Crippen LogP contribution in [0, 0.1) is 0 Å². The van der Waals surface area contributed by atoms with Crippen LogP contribution in [0.4, 0.5) is 0 Å². The highest BCUT2D eigenvalue weighted by atomic mass is 79.9. The Morgan fingerprint density at radius 3 is 2.71 bits per heavy atom. The third-order valence-corrected chi connectivity index (χ3v) is 3.36. The number of hydrogen-bond acceptors (Lipinski definition) is 3. The van der Waals surface area contributed by atoms with Crippen LogP contribution in [0.2, 0.25) is 0 Å². The zero-order valence-corrected chi connectivity index (χ0v) is 11.2. The maximum absolute atomic E-state index is 11.7. The van der Waals surface area contributed by atoms with E-state index in [1.165, 1.54) is 0 Å². The molecule has 4 heteroatoms. The molecule has 0 radical (unpaired) electrons. The molecule has 0 aliphatic carbocycles. The largest absolute Gasteiger partial charge is 0.293 e. The first-order valence-corrected chi connectivity index (χ1v) is 6.70. The van der Waals surface area contributed by atoms with Crippen LogP contribution >= 0.6 is 40.3 Å². The summed E-state index contributed by atoms with van der Waals surface area (Å²) in [5.74, 6) is 0.0749. The lowest BCUT2D eigenvalue weighted by molar-refractivity contribution is 0.0993. The van der Waals surface area contributed by atoms with Gasteiger partial charge in [-0.2, -0.15) is 0 Å². The molecular weight excluding hydrogens is 280 g/mol. The first-order chi connectivity index (χ1) is 6.56. The predicted octanol–water partition coefficient (Wildman–Crippen LogP) is 3.66. The van der Waals surface area contributed by atoms with E-state index in [4.69, 9.17) is 0 Å². The second-order valence-electron chi connectivity index (χ2n) is 2.86. The Kier molecular flexibility index (Phi) is 4.54. The van der Waals surface area contributed by atoms with Gasteiger partial charge in [0.15, 0.2) is 5.78 Å². The summed E-state index contributed by atoms with van der Waals surface area (Å²) in [4.78, 5) is 13.4. The molecule has 1 aromatic carbocycles. The van der Waals surface area contributed by atoms with Crippen molar-refractivity contribution in [3.05, 3.63) is 23.8 Å². The van der Waals surface area contributed by atoms with E-state index >= 15 is 0 Å². The van der Waals surface area contributed by atoms with E-state index in [2.05, 4.69) is 28.6 Å². The molecule has 0 saturated carbocycles. The summed E-state index contributed by atoms with van der Waals surface area (Å²) in [6.45, 7) is 1.82. The molecular formula is C10H11BrOS2. The van der Waals surface area contributed by atoms with E-state index in [9.17, 15) is 4.79 Å². The number of thioether (sulfide) groups is 1. The predicted molar refractivity (Wildman–Crippen MR) is 68.2 cm³/mol. The molecule has 0 saturated heterocycles. The molecule has 0 bridgehead atoms. The third kappa shape index (κ3) is 2.78. The highest BCUT2D eigenvalue weighted by Gasteiger charge is 2.14. The van der Waals surface area contributed by atoms with Gasteiger partial charge in [0.25, 0.3) is 0 Å². The number of halogens is 1. The molecule has 76 valence electrons. The molecule has 1 nitrogen and oxygen atoms in total. The van der Waals surface area contributed by atoms with Crippen molar-refractivity contribution in [3.8, 4) is 0 Å². The summed E-state index contributed by atoms with van der Waals surface area (Å²) in [5.41, 5.74) is 0.685. The van der Waals surface area contributed by atoms with Gasteiger partial charge in [0.2, 0.25) is 0 Å². The van der Waals surface area contributed by atoms with Gasteiger partial charge in [-0.1, -0.05) is 15.9 Å². The Morgan fingerprint density at radius 1 is 1.57 bits per heavy atom. The normalized spacial score (nSPS) is 12.6. The van der Waals surface area contributed by atoms with Crippen molar-refractivity contribution >= 4 is 46.1 Å². The minimum Gasteiger partial charge on any atom is -0.293 e. The van der Waals surface area contributed by atoms with Crippen LogP contribution in [0.5, 0.6) is 0 Å². The molecule has 0 aliphatic heterocycles. The van der Waals surface area contributed by atoms with E-state index in [1.807, 2.05) is 31.4 Å². The summed E-state index contributed by atoms with van der Waals surface area (Å²) in [6.07, 6.45) is 1.99. The third-order valence-electron chi connectivity index (χ3n) is 1.83. The molecule has 1 rings (SSSR count). The SMILES string of the molecule is CSc1ccc(S)c(C(=O)C(C)Br)c1. The molecule has 0 aromatic heterocycles. The first-order valence-electron chi connectivity index (χ1n) is 4.11. The average Bonchev–Trinajstić information content (AvgIpc) is 2.17. The summed E-state index contributed by atoms with van der Waals surface area (Å²) in [5, 5.41) is 0.